The standard InChI is InChI=1S/C9H19NO/c1-3-10(6-8(2)11)7-9-4-5-9/h8-9,11H,3-7H2,1-2H3. The zero-order valence-electron chi connectivity index (χ0n) is 7.58. The fourth-order valence-electron chi connectivity index (χ4n) is 1.37. The number of aliphatic hydroxyl groups excluding tert-OH is 1. The Morgan fingerprint density at radius 3 is 2.55 bits per heavy atom. The van der Waals surface area contributed by atoms with Gasteiger partial charge in [-0.1, -0.05) is 6.92 Å². The first kappa shape index (κ1) is 9.01. The first-order valence-electron chi connectivity index (χ1n) is 4.62. The topological polar surface area (TPSA) is 23.5 Å². The van der Waals surface area contributed by atoms with Crippen molar-refractivity contribution in [3.05, 3.63) is 0 Å². The minimum Gasteiger partial charge on any atom is -0.392 e. The quantitative estimate of drug-likeness (QED) is 0.646. The molecule has 1 aliphatic rings. The molecule has 1 rings (SSSR count). The van der Waals surface area contributed by atoms with Gasteiger partial charge in [0.25, 0.3) is 0 Å². The lowest BCUT2D eigenvalue weighted by Gasteiger charge is -2.21. The van der Waals surface area contributed by atoms with E-state index in [0.717, 1.165) is 19.0 Å². The molecule has 0 aromatic heterocycles. The van der Waals surface area contributed by atoms with Crippen LogP contribution in [0.4, 0.5) is 0 Å². The molecule has 1 aliphatic carbocycles. The number of hydrogen-bond donors (Lipinski definition) is 1. The average molecular weight is 157 g/mol. The van der Waals surface area contributed by atoms with Gasteiger partial charge < -0.3 is 10.0 Å². The minimum absolute atomic E-state index is 0.173. The SMILES string of the molecule is CCN(CC(C)O)CC1CC1. The summed E-state index contributed by atoms with van der Waals surface area (Å²) >= 11 is 0. The predicted octanol–water partition coefficient (Wildman–Crippen LogP) is 1.10. The van der Waals surface area contributed by atoms with E-state index in [-0.39, 0.29) is 6.10 Å². The number of nitrogens with zero attached hydrogens (tertiary/aromatic N) is 1. The van der Waals surface area contributed by atoms with Gasteiger partial charge in [0.1, 0.15) is 0 Å². The molecule has 1 saturated carbocycles. The number of likely N-dealkylation sites (N-methyl/N-ethyl adjacent to an activating group) is 1. The van der Waals surface area contributed by atoms with E-state index >= 15 is 0 Å². The highest BCUT2D eigenvalue weighted by molar-refractivity contribution is 4.77. The van der Waals surface area contributed by atoms with Gasteiger partial charge in [0.05, 0.1) is 6.10 Å². The summed E-state index contributed by atoms with van der Waals surface area (Å²) in [6.07, 6.45) is 2.63. The molecule has 0 radical (unpaired) electrons. The van der Waals surface area contributed by atoms with Crippen molar-refractivity contribution < 1.29 is 5.11 Å². The summed E-state index contributed by atoms with van der Waals surface area (Å²) in [4.78, 5) is 2.34. The van der Waals surface area contributed by atoms with Gasteiger partial charge in [0.15, 0.2) is 0 Å². The molecular formula is C9H19NO. The van der Waals surface area contributed by atoms with E-state index in [1.54, 1.807) is 0 Å². The van der Waals surface area contributed by atoms with E-state index < -0.39 is 0 Å². The fourth-order valence-corrected chi connectivity index (χ4v) is 1.37. The average Bonchev–Trinajstić information content (AvgIpc) is 2.69. The summed E-state index contributed by atoms with van der Waals surface area (Å²) < 4.78 is 0. The molecule has 0 bridgehead atoms. The van der Waals surface area contributed by atoms with Crippen LogP contribution in [0.3, 0.4) is 0 Å². The Bertz CT molecular complexity index is 106. The molecule has 1 unspecified atom stereocenters. The monoisotopic (exact) mass is 157 g/mol. The van der Waals surface area contributed by atoms with Gasteiger partial charge in [-0.25, -0.2) is 0 Å². The summed E-state index contributed by atoms with van der Waals surface area (Å²) in [5, 5.41) is 9.15. The van der Waals surface area contributed by atoms with Gasteiger partial charge in [0.2, 0.25) is 0 Å². The van der Waals surface area contributed by atoms with E-state index in [1.165, 1.54) is 19.4 Å². The number of rotatable bonds is 5. The molecule has 1 N–H and O–H groups in total. The molecule has 11 heavy (non-hydrogen) atoms. The van der Waals surface area contributed by atoms with E-state index in [9.17, 15) is 0 Å². The molecule has 0 saturated heterocycles. The third-order valence-corrected chi connectivity index (χ3v) is 2.18. The van der Waals surface area contributed by atoms with E-state index in [4.69, 9.17) is 5.11 Å². The van der Waals surface area contributed by atoms with Crippen molar-refractivity contribution in [1.29, 1.82) is 0 Å². The minimum atomic E-state index is -0.173. The maximum absolute atomic E-state index is 9.15. The lowest BCUT2D eigenvalue weighted by atomic mass is 10.3. The third kappa shape index (κ3) is 3.73. The Kier molecular flexibility index (Phi) is 3.34. The van der Waals surface area contributed by atoms with Crippen LogP contribution in [0.2, 0.25) is 0 Å². The van der Waals surface area contributed by atoms with Crippen molar-refractivity contribution in [3.63, 3.8) is 0 Å². The molecule has 0 aromatic carbocycles. The highest BCUT2D eigenvalue weighted by atomic mass is 16.3. The van der Waals surface area contributed by atoms with Gasteiger partial charge in [-0.2, -0.15) is 0 Å². The Balaban J connectivity index is 2.12. The van der Waals surface area contributed by atoms with Gasteiger partial charge in [-0.05, 0) is 32.2 Å². The van der Waals surface area contributed by atoms with Gasteiger partial charge in [-0.15, -0.1) is 0 Å². The second kappa shape index (κ2) is 4.07. The van der Waals surface area contributed by atoms with Crippen LogP contribution < -0.4 is 0 Å². The van der Waals surface area contributed by atoms with Gasteiger partial charge in [0, 0.05) is 13.1 Å². The molecule has 0 amide bonds. The van der Waals surface area contributed by atoms with Gasteiger partial charge >= 0.3 is 0 Å². The molecule has 2 nitrogen and oxygen atoms in total. The molecule has 0 aromatic rings. The molecule has 0 heterocycles. The van der Waals surface area contributed by atoms with Crippen molar-refractivity contribution >= 4 is 0 Å². The predicted molar refractivity (Wildman–Crippen MR) is 46.5 cm³/mol. The summed E-state index contributed by atoms with van der Waals surface area (Å²) in [6, 6.07) is 0. The van der Waals surface area contributed by atoms with Crippen LogP contribution in [0.15, 0.2) is 0 Å². The Morgan fingerprint density at radius 1 is 1.55 bits per heavy atom. The zero-order chi connectivity index (χ0) is 8.27. The smallest absolute Gasteiger partial charge is 0.0639 e. The Morgan fingerprint density at radius 2 is 2.18 bits per heavy atom. The van der Waals surface area contributed by atoms with Crippen LogP contribution in [0, 0.1) is 5.92 Å². The van der Waals surface area contributed by atoms with Gasteiger partial charge in [-0.3, -0.25) is 0 Å². The van der Waals surface area contributed by atoms with Crippen molar-refractivity contribution in [3.8, 4) is 0 Å². The molecular weight excluding hydrogens is 138 g/mol. The highest BCUT2D eigenvalue weighted by Crippen LogP contribution is 2.29. The molecule has 1 atom stereocenters. The van der Waals surface area contributed by atoms with Crippen LogP contribution in [-0.2, 0) is 0 Å². The maximum atomic E-state index is 9.15. The summed E-state index contributed by atoms with van der Waals surface area (Å²) in [5.41, 5.74) is 0. The third-order valence-electron chi connectivity index (χ3n) is 2.18. The van der Waals surface area contributed by atoms with Crippen LogP contribution in [0.25, 0.3) is 0 Å². The molecule has 66 valence electrons. The Hall–Kier alpha value is -0.0800. The lowest BCUT2D eigenvalue weighted by Crippen LogP contribution is -2.32. The number of hydrogen-bond acceptors (Lipinski definition) is 2. The van der Waals surface area contributed by atoms with E-state index in [1.807, 2.05) is 6.92 Å². The normalized spacial score (nSPS) is 20.7. The van der Waals surface area contributed by atoms with Crippen molar-refractivity contribution in [2.75, 3.05) is 19.6 Å². The lowest BCUT2D eigenvalue weighted by molar-refractivity contribution is 0.127. The van der Waals surface area contributed by atoms with E-state index in [0.29, 0.717) is 0 Å². The largest absolute Gasteiger partial charge is 0.392 e. The van der Waals surface area contributed by atoms with Crippen LogP contribution in [-0.4, -0.2) is 35.7 Å². The highest BCUT2D eigenvalue weighted by Gasteiger charge is 2.23. The summed E-state index contributed by atoms with van der Waals surface area (Å²) in [7, 11) is 0. The molecule has 1 fully saturated rings. The fraction of sp³-hybridized carbons (Fsp3) is 1.00. The van der Waals surface area contributed by atoms with Crippen molar-refractivity contribution in [2.45, 2.75) is 32.8 Å². The summed E-state index contributed by atoms with van der Waals surface area (Å²) in [5.74, 6) is 0.939. The first-order valence-corrected chi connectivity index (χ1v) is 4.62. The summed E-state index contributed by atoms with van der Waals surface area (Å²) in [6.45, 7) is 7.12. The molecule has 2 heteroatoms. The van der Waals surface area contributed by atoms with Crippen molar-refractivity contribution in [2.24, 2.45) is 5.92 Å². The van der Waals surface area contributed by atoms with Crippen LogP contribution in [0.1, 0.15) is 26.7 Å². The first-order chi connectivity index (χ1) is 5.22. The van der Waals surface area contributed by atoms with Crippen LogP contribution in [0.5, 0.6) is 0 Å². The number of aliphatic hydroxyl groups is 1. The van der Waals surface area contributed by atoms with E-state index in [2.05, 4.69) is 11.8 Å². The Labute approximate surface area is 69.2 Å². The maximum Gasteiger partial charge on any atom is 0.0639 e. The molecule has 0 spiro atoms. The zero-order valence-corrected chi connectivity index (χ0v) is 7.58. The molecule has 0 aliphatic heterocycles. The second-order valence-electron chi connectivity index (χ2n) is 3.64. The van der Waals surface area contributed by atoms with Crippen molar-refractivity contribution in [1.82, 2.24) is 4.90 Å². The second-order valence-corrected chi connectivity index (χ2v) is 3.64. The van der Waals surface area contributed by atoms with Crippen LogP contribution >= 0.6 is 0 Å².